The van der Waals surface area contributed by atoms with Crippen LogP contribution in [0.1, 0.15) is 39.9 Å². The van der Waals surface area contributed by atoms with E-state index in [-0.39, 0.29) is 35.1 Å². The second-order valence-electron chi connectivity index (χ2n) is 11.2. The van der Waals surface area contributed by atoms with Gasteiger partial charge in [0.25, 0.3) is 0 Å². The molecule has 1 saturated heterocycles. The molecule has 0 aromatic heterocycles. The molecular weight excluding hydrogens is 546 g/mol. The number of hydrogen-bond acceptors (Lipinski definition) is 11. The lowest BCUT2D eigenvalue weighted by molar-refractivity contribution is -0.277. The molecule has 3 heterocycles. The van der Waals surface area contributed by atoms with E-state index in [1.807, 2.05) is 18.2 Å². The zero-order chi connectivity index (χ0) is 29.7. The van der Waals surface area contributed by atoms with Crippen LogP contribution in [0.25, 0.3) is 0 Å². The Balaban J connectivity index is 1.39. The number of nitrogens with zero attached hydrogens (tertiary/aromatic N) is 1. The van der Waals surface area contributed by atoms with Crippen LogP contribution in [0.2, 0.25) is 0 Å². The third kappa shape index (κ3) is 5.02. The van der Waals surface area contributed by atoms with Crippen molar-refractivity contribution in [1.29, 1.82) is 0 Å². The van der Waals surface area contributed by atoms with Crippen LogP contribution in [0.5, 0.6) is 28.7 Å². The number of aromatic hydroxyl groups is 3. The first-order valence-electron chi connectivity index (χ1n) is 13.9. The number of fused-ring (bicyclic) bond motifs is 4. The van der Waals surface area contributed by atoms with Gasteiger partial charge < -0.3 is 50.0 Å². The molecule has 42 heavy (non-hydrogen) atoms. The molecular formula is C31H35NO10. The van der Waals surface area contributed by atoms with Gasteiger partial charge in [0, 0.05) is 18.6 Å². The minimum atomic E-state index is -1.62. The van der Waals surface area contributed by atoms with Gasteiger partial charge in [-0.3, -0.25) is 4.90 Å². The molecule has 0 unspecified atom stereocenters. The molecule has 1 fully saturated rings. The Morgan fingerprint density at radius 3 is 2.26 bits per heavy atom. The van der Waals surface area contributed by atoms with Crippen molar-refractivity contribution in [3.63, 3.8) is 0 Å². The molecule has 7 N–H and O–H groups in total. The minimum Gasteiger partial charge on any atom is -0.508 e. The van der Waals surface area contributed by atoms with Gasteiger partial charge >= 0.3 is 0 Å². The van der Waals surface area contributed by atoms with E-state index in [1.165, 1.54) is 7.11 Å². The summed E-state index contributed by atoms with van der Waals surface area (Å²) < 4.78 is 16.8. The second-order valence-corrected chi connectivity index (χ2v) is 11.2. The highest BCUT2D eigenvalue weighted by Crippen LogP contribution is 2.49. The standard InChI is InChI=1S/C31H35NO10/c1-40-25-12-19-16(10-23(25)35)6-7-32-21(8-15-2-4-18(34)5-3-15)20-13-26(24(36)11-17(20)9-22(19)32)41-31-30(39)29(38)28(37)27(14-33)42-31/h2-5,10-13,21-22,27-31,33-39H,6-9,14H2,1H3/t21-,22-,27+,28+,29-,30+,31+/m0/s1. The van der Waals surface area contributed by atoms with E-state index in [1.54, 1.807) is 30.3 Å². The molecule has 7 atom stereocenters. The third-order valence-corrected chi connectivity index (χ3v) is 8.69. The number of ether oxygens (including phenoxy) is 3. The molecule has 0 bridgehead atoms. The maximum atomic E-state index is 11.0. The van der Waals surface area contributed by atoms with Gasteiger partial charge in [0.2, 0.25) is 6.29 Å². The van der Waals surface area contributed by atoms with Gasteiger partial charge in [-0.25, -0.2) is 0 Å². The smallest absolute Gasteiger partial charge is 0.229 e. The van der Waals surface area contributed by atoms with Gasteiger partial charge in [-0.2, -0.15) is 0 Å². The summed E-state index contributed by atoms with van der Waals surface area (Å²) in [5.74, 6) is 0.481. The van der Waals surface area contributed by atoms with Gasteiger partial charge in [-0.15, -0.1) is 0 Å². The Hall–Kier alpha value is -3.58. The first-order valence-corrected chi connectivity index (χ1v) is 13.9. The summed E-state index contributed by atoms with van der Waals surface area (Å²) in [5.41, 5.74) is 4.85. The molecule has 0 amide bonds. The van der Waals surface area contributed by atoms with Crippen molar-refractivity contribution in [2.24, 2.45) is 0 Å². The van der Waals surface area contributed by atoms with Crippen molar-refractivity contribution in [1.82, 2.24) is 4.90 Å². The SMILES string of the molecule is COc1cc2c(cc1O)CCN1[C@@H](Cc3ccc(O)cc3)c3cc(O[C@@H]4O[C@H](CO)[C@@H](O)[C@H](O)[C@H]4O)c(O)cc3C[C@@H]21. The van der Waals surface area contributed by atoms with E-state index in [9.17, 15) is 35.7 Å². The Kier molecular flexibility index (Phi) is 7.64. The van der Waals surface area contributed by atoms with Crippen LogP contribution in [-0.4, -0.2) is 91.6 Å². The number of rotatable bonds is 6. The monoisotopic (exact) mass is 581 g/mol. The summed E-state index contributed by atoms with van der Waals surface area (Å²) >= 11 is 0. The molecule has 224 valence electrons. The first-order chi connectivity index (χ1) is 20.2. The average Bonchev–Trinajstić information content (AvgIpc) is 2.98. The molecule has 0 aliphatic carbocycles. The van der Waals surface area contributed by atoms with Gasteiger partial charge in [-0.1, -0.05) is 12.1 Å². The number of methoxy groups -OCH3 is 1. The van der Waals surface area contributed by atoms with E-state index in [0.717, 1.165) is 27.8 Å². The number of aliphatic hydroxyl groups is 4. The van der Waals surface area contributed by atoms with Crippen molar-refractivity contribution in [3.05, 3.63) is 76.3 Å². The molecule has 3 aromatic rings. The van der Waals surface area contributed by atoms with E-state index in [4.69, 9.17) is 14.2 Å². The van der Waals surface area contributed by atoms with Crippen LogP contribution in [0.15, 0.2) is 48.5 Å². The second kappa shape index (κ2) is 11.3. The fourth-order valence-electron chi connectivity index (χ4n) is 6.47. The summed E-state index contributed by atoms with van der Waals surface area (Å²) in [4.78, 5) is 2.38. The average molecular weight is 582 g/mol. The zero-order valence-electron chi connectivity index (χ0n) is 23.0. The largest absolute Gasteiger partial charge is 0.508 e. The highest BCUT2D eigenvalue weighted by molar-refractivity contribution is 5.53. The number of benzene rings is 3. The molecule has 3 aliphatic rings. The number of phenols is 3. The fourth-order valence-corrected chi connectivity index (χ4v) is 6.47. The fraction of sp³-hybridized carbons (Fsp3) is 0.419. The lowest BCUT2D eigenvalue weighted by Crippen LogP contribution is -2.60. The van der Waals surface area contributed by atoms with Gasteiger partial charge in [0.1, 0.15) is 30.2 Å². The molecule has 11 heteroatoms. The lowest BCUT2D eigenvalue weighted by atomic mass is 9.79. The summed E-state index contributed by atoms with van der Waals surface area (Å²) in [6, 6.07) is 13.7. The summed E-state index contributed by atoms with van der Waals surface area (Å²) in [6.07, 6.45) is -5.52. The van der Waals surface area contributed by atoms with Crippen molar-refractivity contribution in [3.8, 4) is 28.7 Å². The summed E-state index contributed by atoms with van der Waals surface area (Å²) in [5, 5.41) is 71.7. The zero-order valence-corrected chi connectivity index (χ0v) is 23.0. The van der Waals surface area contributed by atoms with Crippen molar-refractivity contribution < 1.29 is 50.0 Å². The Labute approximate surface area is 242 Å². The summed E-state index contributed by atoms with van der Waals surface area (Å²) in [7, 11) is 1.51. The molecule has 0 radical (unpaired) electrons. The number of phenolic OH excluding ortho intramolecular Hbond substituents is 3. The Morgan fingerprint density at radius 1 is 0.857 bits per heavy atom. The minimum absolute atomic E-state index is 0.0243. The third-order valence-electron chi connectivity index (χ3n) is 8.69. The van der Waals surface area contributed by atoms with Crippen LogP contribution in [0, 0.1) is 0 Å². The van der Waals surface area contributed by atoms with Crippen molar-refractivity contribution in [2.45, 2.75) is 62.1 Å². The molecule has 0 saturated carbocycles. The van der Waals surface area contributed by atoms with Crippen LogP contribution in [0.3, 0.4) is 0 Å². The Morgan fingerprint density at radius 2 is 1.55 bits per heavy atom. The Bertz CT molecular complexity index is 1440. The van der Waals surface area contributed by atoms with E-state index < -0.39 is 37.3 Å². The van der Waals surface area contributed by atoms with Gasteiger partial charge in [0.15, 0.2) is 23.0 Å². The molecule has 3 aromatic carbocycles. The predicted molar refractivity (Wildman–Crippen MR) is 149 cm³/mol. The normalized spacial score (nSPS) is 28.8. The van der Waals surface area contributed by atoms with Gasteiger partial charge in [0.05, 0.1) is 13.7 Å². The maximum absolute atomic E-state index is 11.0. The van der Waals surface area contributed by atoms with Crippen LogP contribution in [0.4, 0.5) is 0 Å². The van der Waals surface area contributed by atoms with E-state index in [2.05, 4.69) is 4.90 Å². The molecule has 11 nitrogen and oxygen atoms in total. The van der Waals surface area contributed by atoms with Crippen molar-refractivity contribution >= 4 is 0 Å². The molecule has 6 rings (SSSR count). The highest BCUT2D eigenvalue weighted by atomic mass is 16.7. The quantitative estimate of drug-likeness (QED) is 0.225. The van der Waals surface area contributed by atoms with E-state index >= 15 is 0 Å². The predicted octanol–water partition coefficient (Wildman–Crippen LogP) is 1.43. The van der Waals surface area contributed by atoms with Crippen LogP contribution in [-0.2, 0) is 24.0 Å². The lowest BCUT2D eigenvalue weighted by Gasteiger charge is -2.47. The first kappa shape index (κ1) is 28.5. The molecule has 3 aliphatic heterocycles. The number of hydrogen-bond donors (Lipinski definition) is 7. The maximum Gasteiger partial charge on any atom is 0.229 e. The van der Waals surface area contributed by atoms with Crippen LogP contribution < -0.4 is 9.47 Å². The van der Waals surface area contributed by atoms with Crippen molar-refractivity contribution in [2.75, 3.05) is 20.3 Å². The highest BCUT2D eigenvalue weighted by Gasteiger charge is 2.45. The van der Waals surface area contributed by atoms with Crippen LogP contribution >= 0.6 is 0 Å². The molecule has 0 spiro atoms. The van der Waals surface area contributed by atoms with Gasteiger partial charge in [-0.05, 0) is 83.5 Å². The number of aliphatic hydroxyl groups excluding tert-OH is 4. The topological polar surface area (TPSA) is 173 Å². The van der Waals surface area contributed by atoms with E-state index in [0.29, 0.717) is 31.6 Å². The summed E-state index contributed by atoms with van der Waals surface area (Å²) in [6.45, 7) is 0.103.